The zero-order chi connectivity index (χ0) is 24.4. The van der Waals surface area contributed by atoms with Gasteiger partial charge in [0, 0.05) is 44.5 Å². The summed E-state index contributed by atoms with van der Waals surface area (Å²) in [6, 6.07) is 20.1. The van der Waals surface area contributed by atoms with E-state index in [1.807, 2.05) is 83.4 Å². The van der Waals surface area contributed by atoms with Crippen LogP contribution in [0.5, 0.6) is 0 Å². The van der Waals surface area contributed by atoms with Crippen molar-refractivity contribution in [1.82, 2.24) is 0 Å². The highest BCUT2D eigenvalue weighted by Gasteiger charge is 2.44. The Morgan fingerprint density at radius 3 is 1.76 bits per heavy atom. The van der Waals surface area contributed by atoms with Crippen LogP contribution in [-0.4, -0.2) is 42.7 Å². The fourth-order valence-electron chi connectivity index (χ4n) is 3.28. The molecule has 0 radical (unpaired) electrons. The monoisotopic (exact) mass is 495 g/mol. The van der Waals surface area contributed by atoms with Crippen molar-refractivity contribution in [3.05, 3.63) is 71.1 Å². The van der Waals surface area contributed by atoms with Gasteiger partial charge in [-0.2, -0.15) is 10.2 Å². The fraction of sp³-hybridized carbons (Fsp3) is 0.308. The lowest BCUT2D eigenvalue weighted by atomic mass is 10.2. The van der Waals surface area contributed by atoms with Crippen molar-refractivity contribution in [1.29, 1.82) is 0 Å². The van der Waals surface area contributed by atoms with Crippen LogP contribution >= 0.6 is 11.3 Å². The highest BCUT2D eigenvalue weighted by molar-refractivity contribution is 7.24. The number of rotatable bonds is 12. The van der Waals surface area contributed by atoms with Crippen molar-refractivity contribution in [2.45, 2.75) is 20.8 Å². The predicted molar refractivity (Wildman–Crippen MR) is 145 cm³/mol. The molecule has 0 saturated carbocycles. The van der Waals surface area contributed by atoms with Crippen molar-refractivity contribution in [3.63, 3.8) is 0 Å². The maximum absolute atomic E-state index is 6.02. The molecule has 0 bridgehead atoms. The van der Waals surface area contributed by atoms with Gasteiger partial charge in [-0.25, -0.2) is 0 Å². The van der Waals surface area contributed by atoms with Crippen molar-refractivity contribution < 1.29 is 13.3 Å². The summed E-state index contributed by atoms with van der Waals surface area (Å²) in [6.07, 6.45) is 4.18. The molecule has 0 aliphatic carbocycles. The van der Waals surface area contributed by atoms with Gasteiger partial charge in [0.1, 0.15) is 0 Å². The van der Waals surface area contributed by atoms with Crippen molar-refractivity contribution in [2.24, 2.45) is 10.2 Å². The number of thiophene rings is 1. The van der Waals surface area contributed by atoms with Crippen molar-refractivity contribution in [3.8, 4) is 0 Å². The summed E-state index contributed by atoms with van der Waals surface area (Å²) in [6.45, 7) is 7.58. The van der Waals surface area contributed by atoms with Crippen molar-refractivity contribution in [2.75, 3.05) is 38.8 Å². The van der Waals surface area contributed by atoms with E-state index in [1.165, 1.54) is 0 Å². The molecule has 1 aromatic heterocycles. The molecule has 0 aliphatic rings. The molecule has 0 fully saturated rings. The number of hydrogen-bond acceptors (Lipinski definition) is 7. The average Bonchev–Trinajstić information content (AvgIpc) is 3.32. The van der Waals surface area contributed by atoms with Gasteiger partial charge in [0.2, 0.25) is 0 Å². The Balaban J connectivity index is 1.67. The second-order valence-corrected chi connectivity index (χ2v) is 11.6. The van der Waals surface area contributed by atoms with Crippen LogP contribution in [0.1, 0.15) is 31.2 Å². The van der Waals surface area contributed by atoms with E-state index >= 15 is 0 Å². The molecule has 3 rings (SSSR count). The zero-order valence-corrected chi connectivity index (χ0v) is 22.3. The van der Waals surface area contributed by atoms with Crippen LogP contribution < -0.4 is 9.40 Å². The van der Waals surface area contributed by atoms with E-state index in [0.717, 1.165) is 32.0 Å². The standard InChI is InChI=1S/C26H33N3O3SSi/c1-6-30-34(31-7-2,32-8-3)26-20-19-25(33-26)18-11-21-9-12-22(13-10-21)27-28-23-14-16-24(17-15-23)29(4)5/h9-20H,6-8H2,1-5H3. The van der Waals surface area contributed by atoms with E-state index < -0.39 is 8.80 Å². The van der Waals surface area contributed by atoms with Gasteiger partial charge in [-0.3, -0.25) is 0 Å². The van der Waals surface area contributed by atoms with Gasteiger partial charge in [0.15, 0.2) is 0 Å². The van der Waals surface area contributed by atoms with E-state index in [0.29, 0.717) is 19.8 Å². The van der Waals surface area contributed by atoms with E-state index in [4.69, 9.17) is 13.3 Å². The third-order valence-corrected chi connectivity index (χ3v) is 9.61. The quantitative estimate of drug-likeness (QED) is 0.208. The summed E-state index contributed by atoms with van der Waals surface area (Å²) in [7, 11) is 1.18. The highest BCUT2D eigenvalue weighted by atomic mass is 32.1. The lowest BCUT2D eigenvalue weighted by Crippen LogP contribution is -2.55. The topological polar surface area (TPSA) is 55.6 Å². The summed E-state index contributed by atoms with van der Waals surface area (Å²) < 4.78 is 19.1. The zero-order valence-electron chi connectivity index (χ0n) is 20.5. The lowest BCUT2D eigenvalue weighted by Gasteiger charge is -2.27. The van der Waals surface area contributed by atoms with Gasteiger partial charge in [-0.1, -0.05) is 18.2 Å². The average molecular weight is 496 g/mol. The van der Waals surface area contributed by atoms with Gasteiger partial charge >= 0.3 is 8.80 Å². The largest absolute Gasteiger partial charge is 0.547 e. The number of anilines is 1. The summed E-state index contributed by atoms with van der Waals surface area (Å²) >= 11 is 1.65. The van der Waals surface area contributed by atoms with Gasteiger partial charge in [0.25, 0.3) is 0 Å². The molecule has 0 atom stereocenters. The molecule has 0 saturated heterocycles. The number of nitrogens with zero attached hydrogens (tertiary/aromatic N) is 3. The molecule has 1 heterocycles. The van der Waals surface area contributed by atoms with E-state index in [2.05, 4.69) is 39.4 Å². The molecule has 34 heavy (non-hydrogen) atoms. The second kappa shape index (κ2) is 12.7. The summed E-state index contributed by atoms with van der Waals surface area (Å²) in [5, 5.41) is 8.67. The maximum atomic E-state index is 6.02. The summed E-state index contributed by atoms with van der Waals surface area (Å²) in [5.74, 6) is 0. The fourth-order valence-corrected chi connectivity index (χ4v) is 7.43. The van der Waals surface area contributed by atoms with E-state index in [-0.39, 0.29) is 0 Å². The third-order valence-electron chi connectivity index (χ3n) is 4.91. The molecular formula is C26H33N3O3SSi. The Labute approximate surface area is 207 Å². The molecule has 0 spiro atoms. The maximum Gasteiger partial charge on any atom is 0.547 e. The Kier molecular flexibility index (Phi) is 9.73. The van der Waals surface area contributed by atoms with Crippen molar-refractivity contribution >= 4 is 53.9 Å². The number of hydrogen-bond donors (Lipinski definition) is 0. The third kappa shape index (κ3) is 6.94. The minimum atomic E-state index is -2.85. The van der Waals surface area contributed by atoms with Gasteiger partial charge < -0.3 is 18.2 Å². The first-order chi connectivity index (χ1) is 16.5. The Morgan fingerprint density at radius 2 is 1.26 bits per heavy atom. The molecule has 8 heteroatoms. The normalized spacial score (nSPS) is 12.1. The van der Waals surface area contributed by atoms with Crippen LogP contribution in [0, 0.1) is 0 Å². The van der Waals surface area contributed by atoms with Crippen LogP contribution in [0.4, 0.5) is 17.1 Å². The molecule has 2 aromatic carbocycles. The Morgan fingerprint density at radius 1 is 0.735 bits per heavy atom. The summed E-state index contributed by atoms with van der Waals surface area (Å²) in [4.78, 5) is 3.18. The molecule has 3 aromatic rings. The smallest absolute Gasteiger partial charge is 0.378 e. The molecular weight excluding hydrogens is 462 g/mol. The SMILES string of the molecule is CCO[Si](OCC)(OCC)c1ccc(C=Cc2ccc(N=Nc3ccc(N(C)C)cc3)cc2)s1. The first-order valence-corrected chi connectivity index (χ1v) is 14.0. The van der Waals surface area contributed by atoms with E-state index in [9.17, 15) is 0 Å². The Hall–Kier alpha value is -2.62. The molecule has 0 unspecified atom stereocenters. The van der Waals surface area contributed by atoms with E-state index in [1.54, 1.807) is 11.3 Å². The van der Waals surface area contributed by atoms with Crippen LogP contribution in [-0.2, 0) is 13.3 Å². The van der Waals surface area contributed by atoms with Gasteiger partial charge in [0.05, 0.1) is 15.9 Å². The number of benzene rings is 2. The van der Waals surface area contributed by atoms with Crippen LogP contribution in [0.15, 0.2) is 70.9 Å². The molecule has 0 aliphatic heterocycles. The molecule has 0 amide bonds. The lowest BCUT2D eigenvalue weighted by molar-refractivity contribution is 0.0866. The minimum absolute atomic E-state index is 0.556. The highest BCUT2D eigenvalue weighted by Crippen LogP contribution is 2.23. The minimum Gasteiger partial charge on any atom is -0.378 e. The van der Waals surface area contributed by atoms with Crippen LogP contribution in [0.2, 0.25) is 0 Å². The second-order valence-electron chi connectivity index (χ2n) is 7.59. The molecule has 0 N–H and O–H groups in total. The molecule has 6 nitrogen and oxygen atoms in total. The predicted octanol–water partition coefficient (Wildman–Crippen LogP) is 6.66. The first kappa shape index (κ1) is 26.0. The Bertz CT molecular complexity index is 1060. The number of azo groups is 1. The van der Waals surface area contributed by atoms with Gasteiger partial charge in [-0.15, -0.1) is 11.3 Å². The van der Waals surface area contributed by atoms with Crippen LogP contribution in [0.3, 0.4) is 0 Å². The van der Waals surface area contributed by atoms with Gasteiger partial charge in [-0.05, 0) is 80.9 Å². The van der Waals surface area contributed by atoms with Crippen LogP contribution in [0.25, 0.3) is 12.2 Å². The first-order valence-electron chi connectivity index (χ1n) is 11.5. The molecule has 180 valence electrons. The summed E-state index contributed by atoms with van der Waals surface area (Å²) in [5.41, 5.74) is 3.86.